The second-order valence-corrected chi connectivity index (χ2v) is 10.3. The van der Waals surface area contributed by atoms with Crippen molar-refractivity contribution in [1.29, 1.82) is 0 Å². The lowest BCUT2D eigenvalue weighted by Crippen LogP contribution is -2.47. The van der Waals surface area contributed by atoms with E-state index >= 15 is 0 Å². The molecule has 230 valence electrons. The van der Waals surface area contributed by atoms with Crippen LogP contribution in [0, 0.1) is 0 Å². The van der Waals surface area contributed by atoms with E-state index in [-0.39, 0.29) is 36.2 Å². The van der Waals surface area contributed by atoms with Gasteiger partial charge < -0.3 is 24.3 Å². The molecule has 1 aliphatic heterocycles. The van der Waals surface area contributed by atoms with Crippen LogP contribution >= 0.6 is 0 Å². The lowest BCUT2D eigenvalue weighted by Gasteiger charge is -2.33. The fourth-order valence-electron chi connectivity index (χ4n) is 5.43. The highest BCUT2D eigenvalue weighted by Gasteiger charge is 2.36. The highest BCUT2D eigenvalue weighted by molar-refractivity contribution is 6.08. The number of hydrogen-bond acceptors (Lipinski definition) is 9. The summed E-state index contributed by atoms with van der Waals surface area (Å²) in [4.78, 5) is 42.9. The van der Waals surface area contributed by atoms with Gasteiger partial charge in [0.1, 0.15) is 18.1 Å². The molecule has 0 saturated carbocycles. The molecule has 2 unspecified atom stereocenters. The number of anilines is 1. The molecule has 1 fully saturated rings. The number of carbonyl (C=O) groups excluding carboxylic acids is 3. The first kappa shape index (κ1) is 30.5. The number of rotatable bonds is 12. The first-order valence-electron chi connectivity index (χ1n) is 14.3. The van der Waals surface area contributed by atoms with Crippen LogP contribution < -0.4 is 24.4 Å². The second kappa shape index (κ2) is 13.6. The van der Waals surface area contributed by atoms with Crippen LogP contribution in [0.3, 0.4) is 0 Å². The Hall–Kier alpha value is -4.97. The summed E-state index contributed by atoms with van der Waals surface area (Å²) in [5, 5.41) is 11.3. The van der Waals surface area contributed by atoms with Crippen molar-refractivity contribution in [1.82, 2.24) is 20.3 Å². The van der Waals surface area contributed by atoms with E-state index in [1.54, 1.807) is 42.5 Å². The van der Waals surface area contributed by atoms with Gasteiger partial charge in [0.05, 0.1) is 38.6 Å². The number of methoxy groups -OCH3 is 3. The monoisotopic (exact) mass is 601 g/mol. The Kier molecular flexibility index (Phi) is 9.39. The van der Waals surface area contributed by atoms with E-state index in [2.05, 4.69) is 15.6 Å². The zero-order valence-electron chi connectivity index (χ0n) is 25.1. The van der Waals surface area contributed by atoms with Gasteiger partial charge in [0.2, 0.25) is 17.6 Å². The Bertz CT molecular complexity index is 1640. The van der Waals surface area contributed by atoms with Crippen LogP contribution in [0.1, 0.15) is 41.7 Å². The highest BCUT2D eigenvalue weighted by atomic mass is 16.5. The SMILES string of the molecule is COc1cc(C(C(=O)NCC2CCCO2)N(C(=O)Cn2nnc3ccccc32)c2ccccc2C(C)=O)cc(OC)c1OC. The zero-order chi connectivity index (χ0) is 31.2. The molecule has 1 aromatic heterocycles. The molecule has 12 nitrogen and oxygen atoms in total. The molecule has 1 N–H and O–H groups in total. The topological polar surface area (TPSA) is 134 Å². The van der Waals surface area contributed by atoms with Crippen molar-refractivity contribution in [2.75, 3.05) is 39.4 Å². The summed E-state index contributed by atoms with van der Waals surface area (Å²) in [6, 6.07) is 15.9. The molecule has 3 aromatic carbocycles. The molecule has 12 heteroatoms. The molecule has 2 heterocycles. The lowest BCUT2D eigenvalue weighted by atomic mass is 9.99. The zero-order valence-corrected chi connectivity index (χ0v) is 25.1. The molecule has 1 saturated heterocycles. The number of ketones is 1. The molecular weight excluding hydrogens is 566 g/mol. The van der Waals surface area contributed by atoms with Crippen molar-refractivity contribution >= 4 is 34.3 Å². The molecule has 4 aromatic rings. The lowest BCUT2D eigenvalue weighted by molar-refractivity contribution is -0.127. The Morgan fingerprint density at radius 2 is 1.73 bits per heavy atom. The Morgan fingerprint density at radius 3 is 2.39 bits per heavy atom. The van der Waals surface area contributed by atoms with Crippen LogP contribution in [0.4, 0.5) is 5.69 Å². The number of amides is 2. The van der Waals surface area contributed by atoms with Gasteiger partial charge in [0, 0.05) is 18.7 Å². The molecule has 5 rings (SSSR count). The number of ether oxygens (including phenoxy) is 4. The average molecular weight is 602 g/mol. The van der Waals surface area contributed by atoms with Crippen LogP contribution in [0.25, 0.3) is 11.0 Å². The first-order valence-corrected chi connectivity index (χ1v) is 14.3. The van der Waals surface area contributed by atoms with Crippen molar-refractivity contribution in [2.24, 2.45) is 0 Å². The van der Waals surface area contributed by atoms with Crippen LogP contribution in [0.5, 0.6) is 17.2 Å². The summed E-state index contributed by atoms with van der Waals surface area (Å²) in [5.74, 6) is -0.326. The van der Waals surface area contributed by atoms with Gasteiger partial charge in [-0.25, -0.2) is 4.68 Å². The standard InChI is InChI=1S/C32H35N5O7/c1-20(38)23-11-5-7-13-25(23)37(29(39)19-36-26-14-8-6-12-24(26)34-35-36)30(32(40)33-18-22-10-9-15-44-22)21-16-27(41-2)31(43-4)28(17-21)42-3/h5-8,11-14,16-17,22,30H,9-10,15,18-19H2,1-4H3,(H,33,40). The van der Waals surface area contributed by atoms with Gasteiger partial charge in [0.25, 0.3) is 0 Å². The minimum absolute atomic E-state index is 0.144. The van der Waals surface area contributed by atoms with Gasteiger partial charge in [-0.3, -0.25) is 19.3 Å². The number of carbonyl (C=O) groups is 3. The summed E-state index contributed by atoms with van der Waals surface area (Å²) < 4.78 is 23.9. The van der Waals surface area contributed by atoms with E-state index in [0.29, 0.717) is 40.5 Å². The maximum Gasteiger partial charge on any atom is 0.249 e. The van der Waals surface area contributed by atoms with Crippen LogP contribution in [-0.4, -0.2) is 73.2 Å². The van der Waals surface area contributed by atoms with Crippen molar-refractivity contribution in [3.8, 4) is 17.2 Å². The normalized spacial score (nSPS) is 15.0. The van der Waals surface area contributed by atoms with Gasteiger partial charge in [-0.2, -0.15) is 0 Å². The largest absolute Gasteiger partial charge is 0.493 e. The number of Topliss-reactive ketones (excluding diaryl/α,β-unsaturated/α-hetero) is 1. The summed E-state index contributed by atoms with van der Waals surface area (Å²) in [7, 11) is 4.42. The number of nitrogens with zero attached hydrogens (tertiary/aromatic N) is 4. The number of benzene rings is 3. The third-order valence-electron chi connectivity index (χ3n) is 7.55. The summed E-state index contributed by atoms with van der Waals surface area (Å²) in [6.45, 7) is 2.04. The molecule has 44 heavy (non-hydrogen) atoms. The van der Waals surface area contributed by atoms with E-state index < -0.39 is 17.9 Å². The Labute approximate surface area is 254 Å². The smallest absolute Gasteiger partial charge is 0.249 e. The van der Waals surface area contributed by atoms with Gasteiger partial charge in [-0.05, 0) is 61.7 Å². The molecule has 0 spiro atoms. The van der Waals surface area contributed by atoms with E-state index in [1.807, 2.05) is 18.2 Å². The van der Waals surface area contributed by atoms with Crippen molar-refractivity contribution in [3.63, 3.8) is 0 Å². The Morgan fingerprint density at radius 1 is 1.02 bits per heavy atom. The van der Waals surface area contributed by atoms with Crippen molar-refractivity contribution < 1.29 is 33.3 Å². The van der Waals surface area contributed by atoms with E-state index in [9.17, 15) is 14.4 Å². The third-order valence-corrected chi connectivity index (χ3v) is 7.55. The predicted octanol–water partition coefficient (Wildman–Crippen LogP) is 3.73. The number of fused-ring (bicyclic) bond motifs is 1. The maximum atomic E-state index is 14.5. The van der Waals surface area contributed by atoms with Gasteiger partial charge in [-0.15, -0.1) is 5.10 Å². The van der Waals surface area contributed by atoms with E-state index in [4.69, 9.17) is 18.9 Å². The summed E-state index contributed by atoms with van der Waals surface area (Å²) in [5.41, 5.74) is 2.17. The van der Waals surface area contributed by atoms with Crippen LogP contribution in [0.15, 0.2) is 60.7 Å². The molecule has 1 aliphatic rings. The quantitative estimate of drug-likeness (QED) is 0.241. The van der Waals surface area contributed by atoms with Gasteiger partial charge in [-0.1, -0.05) is 29.5 Å². The minimum Gasteiger partial charge on any atom is -0.493 e. The van der Waals surface area contributed by atoms with Crippen molar-refractivity contribution in [2.45, 2.75) is 38.5 Å². The van der Waals surface area contributed by atoms with Crippen molar-refractivity contribution in [3.05, 3.63) is 71.8 Å². The number of hydrogen-bond donors (Lipinski definition) is 1. The molecule has 0 bridgehead atoms. The molecule has 2 atom stereocenters. The summed E-state index contributed by atoms with van der Waals surface area (Å²) in [6.07, 6.45) is 1.57. The van der Waals surface area contributed by atoms with Gasteiger partial charge >= 0.3 is 0 Å². The van der Waals surface area contributed by atoms with E-state index in [1.165, 1.54) is 37.8 Å². The molecule has 0 radical (unpaired) electrons. The fraction of sp³-hybridized carbons (Fsp3) is 0.344. The minimum atomic E-state index is -1.26. The van der Waals surface area contributed by atoms with Gasteiger partial charge in [0.15, 0.2) is 17.3 Å². The number of para-hydroxylation sites is 2. The number of aromatic nitrogens is 3. The van der Waals surface area contributed by atoms with Crippen LogP contribution in [0.2, 0.25) is 0 Å². The van der Waals surface area contributed by atoms with E-state index in [0.717, 1.165) is 12.8 Å². The Balaban J connectivity index is 1.67. The molecule has 0 aliphatic carbocycles. The highest BCUT2D eigenvalue weighted by Crippen LogP contribution is 2.42. The predicted molar refractivity (Wildman–Crippen MR) is 162 cm³/mol. The second-order valence-electron chi connectivity index (χ2n) is 10.3. The summed E-state index contributed by atoms with van der Waals surface area (Å²) >= 11 is 0. The molecule has 2 amide bonds. The first-order chi connectivity index (χ1) is 21.4. The maximum absolute atomic E-state index is 14.5. The number of nitrogens with one attached hydrogen (secondary N) is 1. The fourth-order valence-corrected chi connectivity index (χ4v) is 5.43. The van der Waals surface area contributed by atoms with Crippen LogP contribution in [-0.2, 0) is 20.9 Å². The molecular formula is C32H35N5O7. The third kappa shape index (κ3) is 6.20. The average Bonchev–Trinajstić information content (AvgIpc) is 3.72.